The molecule has 30 heavy (non-hydrogen) atoms. The van der Waals surface area contributed by atoms with Crippen LogP contribution in [0.3, 0.4) is 0 Å². The Morgan fingerprint density at radius 2 is 2.00 bits per heavy atom. The lowest BCUT2D eigenvalue weighted by molar-refractivity contribution is -0.131. The fraction of sp³-hybridized carbons (Fsp3) is 0.381. The van der Waals surface area contributed by atoms with Gasteiger partial charge in [-0.15, -0.1) is 5.10 Å². The van der Waals surface area contributed by atoms with E-state index in [9.17, 15) is 9.59 Å². The zero-order valence-corrected chi connectivity index (χ0v) is 17.5. The number of benzene rings is 1. The number of hydrogen-bond acceptors (Lipinski definition) is 6. The summed E-state index contributed by atoms with van der Waals surface area (Å²) in [6, 6.07) is 13.3. The van der Waals surface area contributed by atoms with Crippen molar-refractivity contribution in [2.75, 3.05) is 18.8 Å². The largest absolute Gasteiger partial charge is 0.341 e. The summed E-state index contributed by atoms with van der Waals surface area (Å²) >= 11 is 1.36. The van der Waals surface area contributed by atoms with Crippen LogP contribution in [0.4, 0.5) is 0 Å². The molecule has 2 unspecified atom stereocenters. The Morgan fingerprint density at radius 3 is 2.87 bits per heavy atom. The van der Waals surface area contributed by atoms with Gasteiger partial charge in [-0.05, 0) is 47.4 Å². The summed E-state index contributed by atoms with van der Waals surface area (Å²) in [5, 5.41) is 12.6. The molecule has 0 saturated carbocycles. The number of fused-ring (bicyclic) bond motifs is 4. The maximum atomic E-state index is 13.0. The number of thioether (sulfide) groups is 1. The summed E-state index contributed by atoms with van der Waals surface area (Å²) < 4.78 is 3.56. The van der Waals surface area contributed by atoms with Crippen molar-refractivity contribution in [2.24, 2.45) is 5.92 Å². The van der Waals surface area contributed by atoms with E-state index >= 15 is 0 Å². The highest BCUT2D eigenvalue weighted by Crippen LogP contribution is 2.35. The van der Waals surface area contributed by atoms with Crippen molar-refractivity contribution in [3.05, 3.63) is 64.1 Å². The molecule has 9 heteroatoms. The third kappa shape index (κ3) is 3.43. The average molecular weight is 423 g/mol. The highest BCUT2D eigenvalue weighted by atomic mass is 32.2. The minimum Gasteiger partial charge on any atom is -0.341 e. The van der Waals surface area contributed by atoms with Crippen LogP contribution in [0.25, 0.3) is 5.69 Å². The molecule has 1 amide bonds. The number of pyridine rings is 1. The van der Waals surface area contributed by atoms with E-state index < -0.39 is 0 Å². The topological polar surface area (TPSA) is 85.9 Å². The van der Waals surface area contributed by atoms with Gasteiger partial charge in [0.15, 0.2) is 0 Å². The van der Waals surface area contributed by atoms with Gasteiger partial charge in [0.25, 0.3) is 5.56 Å². The Kier molecular flexibility index (Phi) is 4.90. The number of likely N-dealkylation sites (tertiary alicyclic amines) is 1. The van der Waals surface area contributed by atoms with Crippen LogP contribution in [0.5, 0.6) is 0 Å². The molecule has 0 aliphatic carbocycles. The first-order valence-electron chi connectivity index (χ1n) is 10.0. The van der Waals surface area contributed by atoms with Gasteiger partial charge in [-0.3, -0.25) is 9.59 Å². The smallest absolute Gasteiger partial charge is 0.250 e. The van der Waals surface area contributed by atoms with Crippen molar-refractivity contribution in [2.45, 2.75) is 31.0 Å². The first-order valence-corrected chi connectivity index (χ1v) is 11.0. The second-order valence-electron chi connectivity index (χ2n) is 7.95. The molecule has 5 rings (SSSR count). The van der Waals surface area contributed by atoms with Crippen LogP contribution in [-0.2, 0) is 11.3 Å². The number of aromatic nitrogens is 5. The number of amides is 1. The number of piperidine rings is 1. The van der Waals surface area contributed by atoms with Crippen LogP contribution in [0.2, 0.25) is 0 Å². The van der Waals surface area contributed by atoms with Crippen molar-refractivity contribution in [1.82, 2.24) is 29.7 Å². The molecule has 2 atom stereocenters. The summed E-state index contributed by atoms with van der Waals surface area (Å²) in [5.74, 6) is 0.911. The van der Waals surface area contributed by atoms with E-state index in [4.69, 9.17) is 0 Å². The van der Waals surface area contributed by atoms with Gasteiger partial charge in [-0.2, -0.15) is 4.68 Å². The number of carbonyl (C=O) groups is 1. The highest BCUT2D eigenvalue weighted by molar-refractivity contribution is 7.99. The maximum Gasteiger partial charge on any atom is 0.250 e. The molecule has 154 valence electrons. The maximum absolute atomic E-state index is 13.0. The molecular weight excluding hydrogens is 400 g/mol. The van der Waals surface area contributed by atoms with Crippen molar-refractivity contribution in [3.8, 4) is 5.69 Å². The number of nitrogens with zero attached hydrogens (tertiary/aromatic N) is 6. The third-order valence-electron chi connectivity index (χ3n) is 5.94. The van der Waals surface area contributed by atoms with Crippen LogP contribution in [0.1, 0.15) is 23.6 Å². The molecule has 1 aromatic carbocycles. The van der Waals surface area contributed by atoms with Gasteiger partial charge in [0, 0.05) is 37.3 Å². The summed E-state index contributed by atoms with van der Waals surface area (Å²) in [6.45, 7) is 4.04. The molecule has 2 aliphatic rings. The van der Waals surface area contributed by atoms with Gasteiger partial charge in [0.1, 0.15) is 0 Å². The molecule has 4 heterocycles. The van der Waals surface area contributed by atoms with Gasteiger partial charge >= 0.3 is 0 Å². The normalized spacial score (nSPS) is 20.1. The van der Waals surface area contributed by atoms with Gasteiger partial charge in [0.2, 0.25) is 11.1 Å². The highest BCUT2D eigenvalue weighted by Gasteiger charge is 2.36. The van der Waals surface area contributed by atoms with E-state index in [1.54, 1.807) is 10.7 Å². The standard InChI is InChI=1S/C21H22N6O2S/c1-14-5-2-3-6-17(14)27-21(22-23-24-27)30-13-20(29)25-10-15-9-16(12-25)18-7-4-8-19(28)26(18)11-15/h2-8,15-16H,9-13H2,1H3. The predicted molar refractivity (Wildman–Crippen MR) is 113 cm³/mol. The Morgan fingerprint density at radius 1 is 1.13 bits per heavy atom. The molecular formula is C21H22N6O2S. The number of tetrazole rings is 1. The fourth-order valence-electron chi connectivity index (χ4n) is 4.54. The van der Waals surface area contributed by atoms with Crippen LogP contribution in [0, 0.1) is 12.8 Å². The number of para-hydroxylation sites is 1. The van der Waals surface area contributed by atoms with Crippen LogP contribution >= 0.6 is 11.8 Å². The minimum atomic E-state index is 0.0561. The zero-order valence-electron chi connectivity index (χ0n) is 16.6. The second kappa shape index (κ2) is 7.71. The predicted octanol–water partition coefficient (Wildman–Crippen LogP) is 1.87. The average Bonchev–Trinajstić information content (AvgIpc) is 3.21. The third-order valence-corrected chi connectivity index (χ3v) is 6.85. The molecule has 2 aliphatic heterocycles. The Hall–Kier alpha value is -2.94. The quantitative estimate of drug-likeness (QED) is 0.597. The number of aryl methyl sites for hydroxylation is 1. The van der Waals surface area contributed by atoms with Gasteiger partial charge in [-0.1, -0.05) is 36.0 Å². The number of rotatable bonds is 4. The molecule has 2 aromatic heterocycles. The van der Waals surface area contributed by atoms with E-state index in [1.807, 2.05) is 52.8 Å². The van der Waals surface area contributed by atoms with Gasteiger partial charge in [-0.25, -0.2) is 0 Å². The van der Waals surface area contributed by atoms with Crippen molar-refractivity contribution in [1.29, 1.82) is 0 Å². The zero-order chi connectivity index (χ0) is 20.7. The summed E-state index contributed by atoms with van der Waals surface area (Å²) in [4.78, 5) is 27.1. The van der Waals surface area contributed by atoms with Crippen LogP contribution < -0.4 is 5.56 Å². The van der Waals surface area contributed by atoms with Crippen molar-refractivity contribution < 1.29 is 4.79 Å². The van der Waals surface area contributed by atoms with E-state index in [0.29, 0.717) is 30.7 Å². The van der Waals surface area contributed by atoms with E-state index in [-0.39, 0.29) is 23.1 Å². The molecule has 0 N–H and O–H groups in total. The van der Waals surface area contributed by atoms with Crippen molar-refractivity contribution in [3.63, 3.8) is 0 Å². The molecule has 8 nitrogen and oxygen atoms in total. The molecule has 1 saturated heterocycles. The van der Waals surface area contributed by atoms with E-state index in [1.165, 1.54) is 11.8 Å². The fourth-order valence-corrected chi connectivity index (χ4v) is 5.33. The monoisotopic (exact) mass is 422 g/mol. The Balaban J connectivity index is 1.29. The summed E-state index contributed by atoms with van der Waals surface area (Å²) in [6.07, 6.45) is 1.03. The van der Waals surface area contributed by atoms with E-state index in [0.717, 1.165) is 23.4 Å². The first kappa shape index (κ1) is 19.0. The number of hydrogen-bond donors (Lipinski definition) is 0. The lowest BCUT2D eigenvalue weighted by Crippen LogP contribution is -2.49. The summed E-state index contributed by atoms with van der Waals surface area (Å²) in [7, 11) is 0. The molecule has 1 fully saturated rings. The SMILES string of the molecule is Cc1ccccc1-n1nnnc1SCC(=O)N1CC2CC(C1)c1cccc(=O)n1C2. The molecule has 0 radical (unpaired) electrons. The van der Waals surface area contributed by atoms with Gasteiger partial charge in [0.05, 0.1) is 11.4 Å². The second-order valence-corrected chi connectivity index (χ2v) is 8.89. The molecule has 0 spiro atoms. The van der Waals surface area contributed by atoms with Crippen LogP contribution in [0.15, 0.2) is 52.4 Å². The molecule has 3 aromatic rings. The van der Waals surface area contributed by atoms with Gasteiger partial charge < -0.3 is 9.47 Å². The minimum absolute atomic E-state index is 0.0561. The van der Waals surface area contributed by atoms with E-state index in [2.05, 4.69) is 15.5 Å². The van der Waals surface area contributed by atoms with Crippen molar-refractivity contribution >= 4 is 17.7 Å². The lowest BCUT2D eigenvalue weighted by atomic mass is 9.83. The molecule has 2 bridgehead atoms. The Labute approximate surface area is 177 Å². The number of carbonyl (C=O) groups excluding carboxylic acids is 1. The van der Waals surface area contributed by atoms with Crippen LogP contribution in [-0.4, -0.2) is 54.4 Å². The summed E-state index contributed by atoms with van der Waals surface area (Å²) in [5.41, 5.74) is 3.08. The Bertz CT molecular complexity index is 1160. The first-order chi connectivity index (χ1) is 14.6. The lowest BCUT2D eigenvalue weighted by Gasteiger charge is -2.42.